The van der Waals surface area contributed by atoms with Crippen molar-refractivity contribution in [2.45, 2.75) is 26.6 Å². The molecule has 0 spiro atoms. The van der Waals surface area contributed by atoms with E-state index in [1.165, 1.54) is 18.5 Å². The Morgan fingerprint density at radius 2 is 2.03 bits per heavy atom. The number of aromatic nitrogens is 2. The Kier molecular flexibility index (Phi) is 7.22. The summed E-state index contributed by atoms with van der Waals surface area (Å²) in [4.78, 5) is 29.1. The van der Waals surface area contributed by atoms with Crippen LogP contribution in [0.25, 0.3) is 5.69 Å². The molecule has 0 aliphatic carbocycles. The summed E-state index contributed by atoms with van der Waals surface area (Å²) >= 11 is 6.14. The van der Waals surface area contributed by atoms with Gasteiger partial charge in [-0.15, -0.1) is 0 Å². The zero-order valence-electron chi connectivity index (χ0n) is 17.2. The number of aliphatic hydroxyl groups excluding tert-OH is 1. The molecule has 10 heteroatoms. The molecule has 0 aliphatic heterocycles. The van der Waals surface area contributed by atoms with Crippen LogP contribution in [0, 0.1) is 18.6 Å². The summed E-state index contributed by atoms with van der Waals surface area (Å²) in [5.41, 5.74) is 0.756. The fourth-order valence-electron chi connectivity index (χ4n) is 2.83. The number of ether oxygens (including phenoxy) is 1. The molecule has 168 valence electrons. The summed E-state index contributed by atoms with van der Waals surface area (Å²) < 4.78 is 33.3. The van der Waals surface area contributed by atoms with Crippen LogP contribution in [0.3, 0.4) is 0 Å². The number of hydrogen-bond acceptors (Lipinski definition) is 5. The average Bonchev–Trinajstić information content (AvgIpc) is 2.75. The first-order valence-electron chi connectivity index (χ1n) is 9.58. The molecule has 3 rings (SSSR count). The molecule has 0 aliphatic rings. The van der Waals surface area contributed by atoms with E-state index in [1.807, 2.05) is 0 Å². The topological polar surface area (TPSA) is 93.5 Å². The van der Waals surface area contributed by atoms with E-state index in [9.17, 15) is 23.5 Å². The predicted octanol–water partition coefficient (Wildman–Crippen LogP) is 3.16. The highest BCUT2D eigenvalue weighted by atomic mass is 35.5. The van der Waals surface area contributed by atoms with Crippen LogP contribution in [0.5, 0.6) is 5.88 Å². The molecule has 0 fully saturated rings. The molecule has 7 nitrogen and oxygen atoms in total. The minimum atomic E-state index is -0.796. The highest BCUT2D eigenvalue weighted by Gasteiger charge is 2.16. The number of hydrogen-bond donors (Lipinski definition) is 2. The van der Waals surface area contributed by atoms with Gasteiger partial charge in [0.15, 0.2) is 5.02 Å². The van der Waals surface area contributed by atoms with Crippen molar-refractivity contribution in [2.75, 3.05) is 6.54 Å². The summed E-state index contributed by atoms with van der Waals surface area (Å²) in [5.74, 6) is -2.14. The largest absolute Gasteiger partial charge is 0.471 e. The lowest BCUT2D eigenvalue weighted by atomic mass is 10.1. The second kappa shape index (κ2) is 9.88. The number of amides is 1. The van der Waals surface area contributed by atoms with E-state index >= 15 is 0 Å². The van der Waals surface area contributed by atoms with Crippen molar-refractivity contribution in [3.8, 4) is 11.6 Å². The third-order valence-corrected chi connectivity index (χ3v) is 4.88. The van der Waals surface area contributed by atoms with E-state index in [-0.39, 0.29) is 35.2 Å². The summed E-state index contributed by atoms with van der Waals surface area (Å²) in [5, 5.41) is 11.6. The Labute approximate surface area is 187 Å². The van der Waals surface area contributed by atoms with Crippen molar-refractivity contribution in [1.82, 2.24) is 14.9 Å². The number of benzene rings is 2. The van der Waals surface area contributed by atoms with Crippen molar-refractivity contribution in [1.29, 1.82) is 0 Å². The lowest BCUT2D eigenvalue weighted by molar-refractivity contribution is 0.0924. The maximum absolute atomic E-state index is 13.8. The van der Waals surface area contributed by atoms with E-state index < -0.39 is 29.2 Å². The molecule has 2 aromatic carbocycles. The fourth-order valence-corrected chi connectivity index (χ4v) is 3.02. The molecular formula is C22H20ClF2N3O4. The molecule has 0 saturated heterocycles. The molecule has 1 amide bonds. The van der Waals surface area contributed by atoms with Crippen molar-refractivity contribution in [3.05, 3.63) is 86.4 Å². The van der Waals surface area contributed by atoms with E-state index in [4.69, 9.17) is 16.3 Å². The normalized spacial score (nSPS) is 11.8. The minimum Gasteiger partial charge on any atom is -0.471 e. The van der Waals surface area contributed by atoms with Gasteiger partial charge in [-0.3, -0.25) is 14.2 Å². The second-order valence-corrected chi connectivity index (χ2v) is 7.50. The van der Waals surface area contributed by atoms with Crippen LogP contribution in [0.4, 0.5) is 8.78 Å². The fraction of sp³-hybridized carbons (Fsp3) is 0.227. The zero-order chi connectivity index (χ0) is 23.4. The van der Waals surface area contributed by atoms with Crippen LogP contribution in [0.1, 0.15) is 28.4 Å². The van der Waals surface area contributed by atoms with Crippen LogP contribution in [-0.4, -0.2) is 33.2 Å². The van der Waals surface area contributed by atoms with Gasteiger partial charge in [0.25, 0.3) is 11.5 Å². The molecule has 1 atom stereocenters. The highest BCUT2D eigenvalue weighted by Crippen LogP contribution is 2.21. The number of carbonyl (C=O) groups is 1. The molecule has 0 unspecified atom stereocenters. The first-order valence-corrected chi connectivity index (χ1v) is 9.96. The van der Waals surface area contributed by atoms with Gasteiger partial charge >= 0.3 is 0 Å². The predicted molar refractivity (Wildman–Crippen MR) is 114 cm³/mol. The Morgan fingerprint density at radius 3 is 2.72 bits per heavy atom. The highest BCUT2D eigenvalue weighted by molar-refractivity contribution is 6.31. The SMILES string of the molecule is Cc1ccc(C(=O)NC[C@@H](C)O)cc1-n1cnc(OCc2ccc(F)cc2F)c(Cl)c1=O. The number of nitrogens with zero attached hydrogens (tertiary/aromatic N) is 2. The molecule has 2 N–H and O–H groups in total. The van der Waals surface area contributed by atoms with Gasteiger partial charge < -0.3 is 15.2 Å². The van der Waals surface area contributed by atoms with E-state index in [0.29, 0.717) is 11.3 Å². The Hall–Kier alpha value is -3.30. The molecule has 0 saturated carbocycles. The molecule has 3 aromatic rings. The zero-order valence-corrected chi connectivity index (χ0v) is 18.0. The van der Waals surface area contributed by atoms with Crippen molar-refractivity contribution in [3.63, 3.8) is 0 Å². The standard InChI is InChI=1S/C22H20ClF2N3O4/c1-12-3-4-14(20(30)26-9-13(2)29)7-18(12)28-11-27-21(19(23)22(28)31)32-10-15-5-6-16(24)8-17(15)25/h3-8,11,13,29H,9-10H2,1-2H3,(H,26,30)/t13-/m1/s1. The minimum absolute atomic E-state index is 0.0696. The number of nitrogens with one attached hydrogen (secondary N) is 1. The lowest BCUT2D eigenvalue weighted by Crippen LogP contribution is -2.30. The molecule has 1 heterocycles. The van der Waals surface area contributed by atoms with Gasteiger partial charge in [-0.25, -0.2) is 13.8 Å². The smallest absolute Gasteiger partial charge is 0.280 e. The van der Waals surface area contributed by atoms with Crippen LogP contribution in [0.2, 0.25) is 5.02 Å². The van der Waals surface area contributed by atoms with Crippen molar-refractivity contribution < 1.29 is 23.4 Å². The van der Waals surface area contributed by atoms with E-state index in [2.05, 4.69) is 10.3 Å². The Balaban J connectivity index is 1.86. The summed E-state index contributed by atoms with van der Waals surface area (Å²) in [6, 6.07) is 7.78. The van der Waals surface area contributed by atoms with Gasteiger partial charge in [0.2, 0.25) is 5.88 Å². The first-order chi connectivity index (χ1) is 15.2. The number of rotatable bonds is 7. The number of halogens is 3. The van der Waals surface area contributed by atoms with Crippen LogP contribution in [-0.2, 0) is 6.61 Å². The number of aryl methyl sites for hydroxylation is 1. The summed E-state index contributed by atoms with van der Waals surface area (Å²) in [6.07, 6.45) is 0.482. The van der Waals surface area contributed by atoms with Crippen LogP contribution in [0.15, 0.2) is 47.5 Å². The van der Waals surface area contributed by atoms with Gasteiger partial charge in [-0.1, -0.05) is 17.7 Å². The lowest BCUT2D eigenvalue weighted by Gasteiger charge is -2.14. The van der Waals surface area contributed by atoms with Crippen molar-refractivity contribution >= 4 is 17.5 Å². The molecule has 0 bridgehead atoms. The molecule has 1 aromatic heterocycles. The third-order valence-electron chi connectivity index (χ3n) is 4.55. The quantitative estimate of drug-likeness (QED) is 0.561. The van der Waals surface area contributed by atoms with Gasteiger partial charge in [-0.2, -0.15) is 0 Å². The molecule has 0 radical (unpaired) electrons. The Morgan fingerprint density at radius 1 is 1.28 bits per heavy atom. The molecular weight excluding hydrogens is 444 g/mol. The average molecular weight is 464 g/mol. The third kappa shape index (κ3) is 5.30. The summed E-state index contributed by atoms with van der Waals surface area (Å²) in [6.45, 7) is 3.06. The van der Waals surface area contributed by atoms with Crippen LogP contribution >= 0.6 is 11.6 Å². The number of carbonyl (C=O) groups excluding carboxylic acids is 1. The maximum Gasteiger partial charge on any atom is 0.280 e. The number of aliphatic hydroxyl groups is 1. The van der Waals surface area contributed by atoms with Gasteiger partial charge in [0.05, 0.1) is 11.8 Å². The monoisotopic (exact) mass is 463 g/mol. The second-order valence-electron chi connectivity index (χ2n) is 7.12. The van der Waals surface area contributed by atoms with Gasteiger partial charge in [0, 0.05) is 23.7 Å². The molecule has 32 heavy (non-hydrogen) atoms. The van der Waals surface area contributed by atoms with Crippen LogP contribution < -0.4 is 15.6 Å². The summed E-state index contributed by atoms with van der Waals surface area (Å²) in [7, 11) is 0. The van der Waals surface area contributed by atoms with Gasteiger partial charge in [0.1, 0.15) is 24.6 Å². The van der Waals surface area contributed by atoms with Gasteiger partial charge in [-0.05, 0) is 43.7 Å². The van der Waals surface area contributed by atoms with E-state index in [0.717, 1.165) is 16.7 Å². The Bertz CT molecular complexity index is 1210. The first kappa shape index (κ1) is 23.4. The van der Waals surface area contributed by atoms with E-state index in [1.54, 1.807) is 26.0 Å². The van der Waals surface area contributed by atoms with Crippen molar-refractivity contribution in [2.24, 2.45) is 0 Å². The maximum atomic E-state index is 13.8.